The molecule has 1 aromatic carbocycles. The van der Waals surface area contributed by atoms with Gasteiger partial charge < -0.3 is 21.3 Å². The average Bonchev–Trinajstić information content (AvgIpc) is 2.26. The first kappa shape index (κ1) is 15.0. The second kappa shape index (κ2) is 7.33. The minimum absolute atomic E-state index is 0. The van der Waals surface area contributed by atoms with Gasteiger partial charge in [0.05, 0.1) is 7.11 Å². The van der Waals surface area contributed by atoms with E-state index in [4.69, 9.17) is 16.2 Å². The molecule has 4 nitrogen and oxygen atoms in total. The molecule has 92 valence electrons. The zero-order chi connectivity index (χ0) is 11.3. The van der Waals surface area contributed by atoms with Gasteiger partial charge in [-0.25, -0.2) is 0 Å². The lowest BCUT2D eigenvalue weighted by molar-refractivity contribution is 0.367. The van der Waals surface area contributed by atoms with Crippen molar-refractivity contribution in [2.75, 3.05) is 13.7 Å². The van der Waals surface area contributed by atoms with E-state index in [1.807, 2.05) is 6.07 Å². The van der Waals surface area contributed by atoms with Crippen LogP contribution in [-0.2, 0) is 0 Å². The van der Waals surface area contributed by atoms with Crippen LogP contribution in [0.15, 0.2) is 18.2 Å². The van der Waals surface area contributed by atoms with Crippen LogP contribution in [0.3, 0.4) is 0 Å². The minimum atomic E-state index is -0.191. The number of para-hydroxylation sites is 1. The van der Waals surface area contributed by atoms with Crippen molar-refractivity contribution in [3.05, 3.63) is 23.8 Å². The Bertz CT molecular complexity index is 321. The van der Waals surface area contributed by atoms with Crippen molar-refractivity contribution >= 4 is 12.4 Å². The summed E-state index contributed by atoms with van der Waals surface area (Å²) in [5, 5.41) is 9.82. The Kier molecular flexibility index (Phi) is 6.88. The van der Waals surface area contributed by atoms with Crippen LogP contribution < -0.4 is 16.2 Å². The van der Waals surface area contributed by atoms with Crippen LogP contribution in [0.5, 0.6) is 11.5 Å². The number of methoxy groups -OCH3 is 1. The highest BCUT2D eigenvalue weighted by atomic mass is 35.5. The number of ether oxygens (including phenoxy) is 1. The van der Waals surface area contributed by atoms with E-state index in [2.05, 4.69) is 0 Å². The van der Waals surface area contributed by atoms with E-state index in [0.717, 1.165) is 12.8 Å². The summed E-state index contributed by atoms with van der Waals surface area (Å²) >= 11 is 0. The first-order chi connectivity index (χ1) is 7.20. The maximum Gasteiger partial charge on any atom is 0.162 e. The molecule has 0 aliphatic heterocycles. The van der Waals surface area contributed by atoms with Gasteiger partial charge in [0.25, 0.3) is 0 Å². The maximum absolute atomic E-state index is 9.82. The van der Waals surface area contributed by atoms with Crippen molar-refractivity contribution in [1.82, 2.24) is 0 Å². The van der Waals surface area contributed by atoms with Gasteiger partial charge in [-0.15, -0.1) is 12.4 Å². The molecule has 0 heterocycles. The molecular weight excluding hydrogens is 228 g/mol. The van der Waals surface area contributed by atoms with E-state index in [9.17, 15) is 5.11 Å². The molecule has 0 spiro atoms. The molecule has 0 aliphatic rings. The van der Waals surface area contributed by atoms with E-state index in [1.165, 1.54) is 7.11 Å². The third kappa shape index (κ3) is 3.56. The Balaban J connectivity index is 0.00000225. The molecule has 0 unspecified atom stereocenters. The monoisotopic (exact) mass is 246 g/mol. The first-order valence-corrected chi connectivity index (χ1v) is 5.02. The highest BCUT2D eigenvalue weighted by Gasteiger charge is 2.13. The number of phenolic OH excluding ortho intramolecular Hbond substituents is 1. The molecule has 16 heavy (non-hydrogen) atoms. The summed E-state index contributed by atoms with van der Waals surface area (Å²) in [5.41, 5.74) is 12.1. The lowest BCUT2D eigenvalue weighted by Crippen LogP contribution is -2.12. The lowest BCUT2D eigenvalue weighted by Gasteiger charge is -2.14. The number of hydrogen-bond acceptors (Lipinski definition) is 4. The summed E-state index contributed by atoms with van der Waals surface area (Å²) in [4.78, 5) is 0. The molecule has 1 atom stereocenters. The van der Waals surface area contributed by atoms with Crippen molar-refractivity contribution in [2.45, 2.75) is 18.9 Å². The third-order valence-corrected chi connectivity index (χ3v) is 2.37. The van der Waals surface area contributed by atoms with Crippen LogP contribution in [-0.4, -0.2) is 18.8 Å². The van der Waals surface area contributed by atoms with Crippen LogP contribution >= 0.6 is 12.4 Å². The van der Waals surface area contributed by atoms with Crippen molar-refractivity contribution in [1.29, 1.82) is 0 Å². The van der Waals surface area contributed by atoms with Crippen LogP contribution in [0.25, 0.3) is 0 Å². The number of rotatable bonds is 5. The zero-order valence-electron chi connectivity index (χ0n) is 9.35. The number of halogens is 1. The Morgan fingerprint density at radius 1 is 1.44 bits per heavy atom. The van der Waals surface area contributed by atoms with Crippen LogP contribution in [0.4, 0.5) is 0 Å². The largest absolute Gasteiger partial charge is 0.504 e. The van der Waals surface area contributed by atoms with Gasteiger partial charge in [0.15, 0.2) is 11.5 Å². The Labute approximate surface area is 102 Å². The van der Waals surface area contributed by atoms with Gasteiger partial charge >= 0.3 is 0 Å². The topological polar surface area (TPSA) is 81.5 Å². The summed E-state index contributed by atoms with van der Waals surface area (Å²) in [7, 11) is 1.52. The molecule has 0 bridgehead atoms. The third-order valence-electron chi connectivity index (χ3n) is 2.37. The van der Waals surface area contributed by atoms with Gasteiger partial charge in [-0.3, -0.25) is 0 Å². The highest BCUT2D eigenvalue weighted by molar-refractivity contribution is 5.85. The molecule has 0 saturated carbocycles. The molecule has 0 saturated heterocycles. The number of hydrogen-bond donors (Lipinski definition) is 3. The van der Waals surface area contributed by atoms with E-state index >= 15 is 0 Å². The second-order valence-corrected chi connectivity index (χ2v) is 3.44. The number of phenols is 1. The van der Waals surface area contributed by atoms with E-state index in [1.54, 1.807) is 12.1 Å². The fraction of sp³-hybridized carbons (Fsp3) is 0.455. The van der Waals surface area contributed by atoms with Crippen molar-refractivity contribution in [2.24, 2.45) is 11.5 Å². The molecule has 0 amide bonds. The predicted molar refractivity (Wildman–Crippen MR) is 67.1 cm³/mol. The van der Waals surface area contributed by atoms with E-state index in [0.29, 0.717) is 17.9 Å². The Morgan fingerprint density at radius 3 is 2.69 bits per heavy atom. The highest BCUT2D eigenvalue weighted by Crippen LogP contribution is 2.33. The zero-order valence-corrected chi connectivity index (χ0v) is 10.2. The molecule has 0 aromatic heterocycles. The van der Waals surface area contributed by atoms with Gasteiger partial charge in [0, 0.05) is 11.6 Å². The Hall–Kier alpha value is -0.970. The van der Waals surface area contributed by atoms with Crippen molar-refractivity contribution in [3.63, 3.8) is 0 Å². The maximum atomic E-state index is 9.82. The molecule has 1 aromatic rings. The van der Waals surface area contributed by atoms with Crippen LogP contribution in [0.2, 0.25) is 0 Å². The van der Waals surface area contributed by atoms with Gasteiger partial charge in [-0.05, 0) is 25.5 Å². The predicted octanol–water partition coefficient (Wildman–Crippen LogP) is 1.56. The fourth-order valence-corrected chi connectivity index (χ4v) is 1.50. The van der Waals surface area contributed by atoms with E-state index < -0.39 is 0 Å². The molecule has 5 heteroatoms. The number of aromatic hydroxyl groups is 1. The second-order valence-electron chi connectivity index (χ2n) is 3.44. The molecule has 0 aliphatic carbocycles. The fourth-order valence-electron chi connectivity index (χ4n) is 1.50. The van der Waals surface area contributed by atoms with Crippen molar-refractivity contribution in [3.8, 4) is 11.5 Å². The van der Waals surface area contributed by atoms with Gasteiger partial charge in [0.2, 0.25) is 0 Å². The first-order valence-electron chi connectivity index (χ1n) is 5.02. The van der Waals surface area contributed by atoms with Gasteiger partial charge in [-0.2, -0.15) is 0 Å². The summed E-state index contributed by atoms with van der Waals surface area (Å²) in [5.74, 6) is 0.584. The number of benzene rings is 1. The molecule has 1 rings (SSSR count). The standard InChI is InChI=1S/C11H18N2O2.ClH/c1-15-10-6-2-4-8(11(10)14)9(13)5-3-7-12;/h2,4,6,9,14H,3,5,7,12-13H2,1H3;1H/t9-;/m0./s1. The quantitative estimate of drug-likeness (QED) is 0.737. The molecule has 0 radical (unpaired) electrons. The lowest BCUT2D eigenvalue weighted by atomic mass is 10.0. The summed E-state index contributed by atoms with van der Waals surface area (Å²) in [6.07, 6.45) is 1.61. The van der Waals surface area contributed by atoms with Crippen LogP contribution in [0.1, 0.15) is 24.4 Å². The van der Waals surface area contributed by atoms with Crippen LogP contribution in [0, 0.1) is 0 Å². The minimum Gasteiger partial charge on any atom is -0.504 e. The summed E-state index contributed by atoms with van der Waals surface area (Å²) in [6, 6.07) is 5.13. The Morgan fingerprint density at radius 2 is 2.12 bits per heavy atom. The SMILES string of the molecule is COc1cccc([C@@H](N)CCCN)c1O.Cl. The molecule has 0 fully saturated rings. The summed E-state index contributed by atoms with van der Waals surface area (Å²) in [6.45, 7) is 0.610. The van der Waals surface area contributed by atoms with Gasteiger partial charge in [-0.1, -0.05) is 12.1 Å². The molecule has 5 N–H and O–H groups in total. The number of nitrogens with two attached hydrogens (primary N) is 2. The van der Waals surface area contributed by atoms with Gasteiger partial charge in [0.1, 0.15) is 0 Å². The average molecular weight is 247 g/mol. The molecular formula is C11H19ClN2O2. The summed E-state index contributed by atoms with van der Waals surface area (Å²) < 4.78 is 5.01. The van der Waals surface area contributed by atoms with Crippen molar-refractivity contribution < 1.29 is 9.84 Å². The normalized spacial score (nSPS) is 11.7. The van der Waals surface area contributed by atoms with E-state index in [-0.39, 0.29) is 24.2 Å². The smallest absolute Gasteiger partial charge is 0.162 e.